The van der Waals surface area contributed by atoms with Gasteiger partial charge in [0.15, 0.2) is 0 Å². The number of hydrogen-bond donors (Lipinski definition) is 1. The van der Waals surface area contributed by atoms with E-state index in [0.717, 1.165) is 38.9 Å². The molecule has 1 unspecified atom stereocenters. The molecule has 2 heterocycles. The summed E-state index contributed by atoms with van der Waals surface area (Å²) in [6, 6.07) is 2.45. The van der Waals surface area contributed by atoms with Crippen molar-refractivity contribution < 1.29 is 4.79 Å². The summed E-state index contributed by atoms with van der Waals surface area (Å²) in [7, 11) is 0. The lowest BCUT2D eigenvalue weighted by molar-refractivity contribution is -0.130. The van der Waals surface area contributed by atoms with E-state index in [2.05, 4.69) is 31.4 Å². The largest absolute Gasteiger partial charge is 0.345 e. The minimum atomic E-state index is 0.244. The molecule has 0 radical (unpaired) electrons. The van der Waals surface area contributed by atoms with Crippen molar-refractivity contribution in [3.63, 3.8) is 0 Å². The first-order valence-electron chi connectivity index (χ1n) is 7.37. The second-order valence-corrected chi connectivity index (χ2v) is 5.38. The molecule has 0 aliphatic carbocycles. The van der Waals surface area contributed by atoms with E-state index in [0.29, 0.717) is 12.6 Å². The van der Waals surface area contributed by atoms with Gasteiger partial charge in [0.2, 0.25) is 5.91 Å². The van der Waals surface area contributed by atoms with E-state index in [4.69, 9.17) is 0 Å². The summed E-state index contributed by atoms with van der Waals surface area (Å²) in [5.41, 5.74) is 1.25. The van der Waals surface area contributed by atoms with Gasteiger partial charge in [-0.1, -0.05) is 6.92 Å². The first kappa shape index (κ1) is 14.1. The number of aromatic nitrogens is 1. The fourth-order valence-corrected chi connectivity index (χ4v) is 2.52. The van der Waals surface area contributed by atoms with E-state index in [1.807, 2.05) is 15.7 Å². The monoisotopic (exact) mass is 263 g/mol. The fraction of sp³-hybridized carbons (Fsp3) is 0.667. The van der Waals surface area contributed by atoms with Crippen molar-refractivity contribution in [2.24, 2.45) is 0 Å². The van der Waals surface area contributed by atoms with Crippen molar-refractivity contribution in [1.29, 1.82) is 0 Å². The minimum absolute atomic E-state index is 0.244. The van der Waals surface area contributed by atoms with Crippen molar-refractivity contribution in [2.75, 3.05) is 19.6 Å². The summed E-state index contributed by atoms with van der Waals surface area (Å²) < 4.78 is 2.00. The van der Waals surface area contributed by atoms with E-state index < -0.39 is 0 Å². The van der Waals surface area contributed by atoms with Crippen LogP contribution in [0.4, 0.5) is 0 Å². The molecular weight excluding hydrogens is 238 g/mol. The van der Waals surface area contributed by atoms with Crippen molar-refractivity contribution >= 4 is 5.91 Å². The SMILES string of the molecule is CCCNC(C)c1ccn(CC(=O)N2CCCC2)c1. The zero-order valence-corrected chi connectivity index (χ0v) is 12.1. The molecule has 1 amide bonds. The summed E-state index contributed by atoms with van der Waals surface area (Å²) in [4.78, 5) is 14.0. The Labute approximate surface area is 115 Å². The maximum absolute atomic E-state index is 12.1. The van der Waals surface area contributed by atoms with Gasteiger partial charge in [-0.2, -0.15) is 0 Å². The van der Waals surface area contributed by atoms with Gasteiger partial charge in [0.1, 0.15) is 6.54 Å². The van der Waals surface area contributed by atoms with Crippen LogP contribution in [0.3, 0.4) is 0 Å². The smallest absolute Gasteiger partial charge is 0.242 e. The second-order valence-electron chi connectivity index (χ2n) is 5.38. The van der Waals surface area contributed by atoms with Gasteiger partial charge in [-0.15, -0.1) is 0 Å². The summed E-state index contributed by atoms with van der Waals surface area (Å²) in [5, 5.41) is 3.46. The molecule has 1 aromatic heterocycles. The molecule has 1 saturated heterocycles. The van der Waals surface area contributed by atoms with Gasteiger partial charge in [-0.05, 0) is 44.4 Å². The van der Waals surface area contributed by atoms with Crippen molar-refractivity contribution in [2.45, 2.75) is 45.7 Å². The Bertz CT molecular complexity index is 407. The fourth-order valence-electron chi connectivity index (χ4n) is 2.52. The summed E-state index contributed by atoms with van der Waals surface area (Å²) in [5.74, 6) is 0.244. The molecule has 0 saturated carbocycles. The van der Waals surface area contributed by atoms with Gasteiger partial charge >= 0.3 is 0 Å². The zero-order chi connectivity index (χ0) is 13.7. The van der Waals surface area contributed by atoms with Crippen LogP contribution in [-0.4, -0.2) is 35.0 Å². The standard InChI is InChI=1S/C15H25N3O/c1-3-7-16-13(2)14-6-10-17(11-14)12-15(19)18-8-4-5-9-18/h6,10-11,13,16H,3-5,7-9,12H2,1-2H3. The predicted molar refractivity (Wildman–Crippen MR) is 77.0 cm³/mol. The molecule has 1 fully saturated rings. The number of carbonyl (C=O) groups excluding carboxylic acids is 1. The Morgan fingerprint density at radius 1 is 1.42 bits per heavy atom. The molecule has 1 aromatic rings. The maximum Gasteiger partial charge on any atom is 0.242 e. The molecule has 19 heavy (non-hydrogen) atoms. The molecule has 106 valence electrons. The van der Waals surface area contributed by atoms with E-state index in [9.17, 15) is 4.79 Å². The van der Waals surface area contributed by atoms with Crippen LogP contribution in [0.5, 0.6) is 0 Å². The van der Waals surface area contributed by atoms with Gasteiger partial charge in [-0.3, -0.25) is 4.79 Å². The summed E-state index contributed by atoms with van der Waals surface area (Å²) in [6.45, 7) is 7.69. The van der Waals surface area contributed by atoms with Crippen LogP contribution >= 0.6 is 0 Å². The van der Waals surface area contributed by atoms with Crippen LogP contribution < -0.4 is 5.32 Å². The highest BCUT2D eigenvalue weighted by Gasteiger charge is 2.18. The molecule has 0 aromatic carbocycles. The number of nitrogens with zero attached hydrogens (tertiary/aromatic N) is 2. The third-order valence-corrected chi connectivity index (χ3v) is 3.75. The maximum atomic E-state index is 12.1. The van der Waals surface area contributed by atoms with Crippen molar-refractivity contribution in [3.05, 3.63) is 24.0 Å². The van der Waals surface area contributed by atoms with Crippen LogP contribution in [0.2, 0.25) is 0 Å². The molecular formula is C15H25N3O. The Morgan fingerprint density at radius 2 is 2.16 bits per heavy atom. The molecule has 1 atom stereocenters. The van der Waals surface area contributed by atoms with Gasteiger partial charge in [-0.25, -0.2) is 0 Å². The Morgan fingerprint density at radius 3 is 2.84 bits per heavy atom. The van der Waals surface area contributed by atoms with E-state index in [1.165, 1.54) is 5.56 Å². The lowest BCUT2D eigenvalue weighted by Crippen LogP contribution is -2.30. The third-order valence-electron chi connectivity index (χ3n) is 3.75. The lowest BCUT2D eigenvalue weighted by atomic mass is 10.2. The van der Waals surface area contributed by atoms with E-state index >= 15 is 0 Å². The number of rotatable bonds is 6. The molecule has 0 spiro atoms. The molecule has 1 N–H and O–H groups in total. The molecule has 4 nitrogen and oxygen atoms in total. The second kappa shape index (κ2) is 6.75. The Hall–Kier alpha value is -1.29. The molecule has 0 bridgehead atoms. The van der Waals surface area contributed by atoms with Crippen LogP contribution in [-0.2, 0) is 11.3 Å². The van der Waals surface area contributed by atoms with Crippen molar-refractivity contribution in [3.8, 4) is 0 Å². The average Bonchev–Trinajstić information content (AvgIpc) is 3.06. The first-order valence-corrected chi connectivity index (χ1v) is 7.37. The van der Waals surface area contributed by atoms with Gasteiger partial charge in [0, 0.05) is 31.5 Å². The number of carbonyl (C=O) groups is 1. The molecule has 1 aliphatic rings. The zero-order valence-electron chi connectivity index (χ0n) is 12.1. The van der Waals surface area contributed by atoms with Gasteiger partial charge < -0.3 is 14.8 Å². The Balaban J connectivity index is 1.87. The molecule has 4 heteroatoms. The van der Waals surface area contributed by atoms with Crippen LogP contribution in [0.25, 0.3) is 0 Å². The van der Waals surface area contributed by atoms with E-state index in [-0.39, 0.29) is 5.91 Å². The van der Waals surface area contributed by atoms with Crippen LogP contribution in [0.15, 0.2) is 18.5 Å². The Kier molecular flexibility index (Phi) is 5.02. The number of nitrogens with one attached hydrogen (secondary N) is 1. The third kappa shape index (κ3) is 3.83. The van der Waals surface area contributed by atoms with Crippen molar-refractivity contribution in [1.82, 2.24) is 14.8 Å². The van der Waals surface area contributed by atoms with E-state index in [1.54, 1.807) is 0 Å². The summed E-state index contributed by atoms with van der Waals surface area (Å²) in [6.07, 6.45) is 7.54. The quantitative estimate of drug-likeness (QED) is 0.854. The highest BCUT2D eigenvalue weighted by molar-refractivity contribution is 5.76. The van der Waals surface area contributed by atoms with Crippen LogP contribution in [0.1, 0.15) is 44.7 Å². The highest BCUT2D eigenvalue weighted by atomic mass is 16.2. The molecule has 2 rings (SSSR count). The van der Waals surface area contributed by atoms with Gasteiger partial charge in [0.25, 0.3) is 0 Å². The predicted octanol–water partition coefficient (Wildman–Crippen LogP) is 2.17. The number of amides is 1. The topological polar surface area (TPSA) is 37.3 Å². The average molecular weight is 263 g/mol. The summed E-state index contributed by atoms with van der Waals surface area (Å²) >= 11 is 0. The first-order chi connectivity index (χ1) is 9.20. The van der Waals surface area contributed by atoms with Crippen LogP contribution in [0, 0.1) is 0 Å². The number of likely N-dealkylation sites (tertiary alicyclic amines) is 1. The molecule has 1 aliphatic heterocycles. The normalized spacial score (nSPS) is 16.8. The highest BCUT2D eigenvalue weighted by Crippen LogP contribution is 2.14. The minimum Gasteiger partial charge on any atom is -0.345 e. The van der Waals surface area contributed by atoms with Gasteiger partial charge in [0.05, 0.1) is 0 Å². The number of hydrogen-bond acceptors (Lipinski definition) is 2. The lowest BCUT2D eigenvalue weighted by Gasteiger charge is -2.15.